The van der Waals surface area contributed by atoms with Crippen molar-refractivity contribution in [2.75, 3.05) is 12.3 Å². The van der Waals surface area contributed by atoms with Crippen molar-refractivity contribution in [3.05, 3.63) is 28.7 Å². The SMILES string of the molecule is CC(C)(CN)NC(=O)CCSc1ccc(Br)cc1. The van der Waals surface area contributed by atoms with E-state index in [-0.39, 0.29) is 11.4 Å². The quantitative estimate of drug-likeness (QED) is 0.788. The van der Waals surface area contributed by atoms with Crippen molar-refractivity contribution < 1.29 is 4.79 Å². The van der Waals surface area contributed by atoms with Crippen LogP contribution in [0.3, 0.4) is 0 Å². The van der Waals surface area contributed by atoms with Crippen LogP contribution in [0.1, 0.15) is 20.3 Å². The lowest BCUT2D eigenvalue weighted by Crippen LogP contribution is -2.48. The lowest BCUT2D eigenvalue weighted by molar-refractivity contribution is -0.122. The van der Waals surface area contributed by atoms with Crippen molar-refractivity contribution in [2.45, 2.75) is 30.7 Å². The van der Waals surface area contributed by atoms with E-state index in [1.54, 1.807) is 11.8 Å². The normalized spacial score (nSPS) is 11.3. The molecule has 0 aliphatic rings. The first kappa shape index (κ1) is 15.5. The topological polar surface area (TPSA) is 55.1 Å². The molecule has 0 radical (unpaired) electrons. The van der Waals surface area contributed by atoms with Gasteiger partial charge in [-0.2, -0.15) is 0 Å². The maximum atomic E-state index is 11.7. The molecule has 0 spiro atoms. The van der Waals surface area contributed by atoms with E-state index < -0.39 is 0 Å². The largest absolute Gasteiger partial charge is 0.350 e. The van der Waals surface area contributed by atoms with E-state index >= 15 is 0 Å². The molecule has 0 bridgehead atoms. The number of nitrogens with two attached hydrogens (primary N) is 1. The minimum atomic E-state index is -0.320. The van der Waals surface area contributed by atoms with E-state index in [0.717, 1.165) is 10.2 Å². The molecule has 0 aliphatic carbocycles. The molecule has 5 heteroatoms. The van der Waals surface area contributed by atoms with Crippen LogP contribution < -0.4 is 11.1 Å². The van der Waals surface area contributed by atoms with Gasteiger partial charge in [0.1, 0.15) is 0 Å². The average molecular weight is 331 g/mol. The number of amides is 1. The zero-order chi connectivity index (χ0) is 13.6. The van der Waals surface area contributed by atoms with Crippen LogP contribution in [0.2, 0.25) is 0 Å². The van der Waals surface area contributed by atoms with Crippen LogP contribution in [0.15, 0.2) is 33.6 Å². The third-order valence-electron chi connectivity index (χ3n) is 2.40. The highest BCUT2D eigenvalue weighted by atomic mass is 79.9. The van der Waals surface area contributed by atoms with Gasteiger partial charge in [-0.05, 0) is 38.1 Å². The Morgan fingerprint density at radius 1 is 1.39 bits per heavy atom. The predicted octanol–water partition coefficient (Wildman–Crippen LogP) is 2.78. The Labute approximate surface area is 121 Å². The molecule has 0 fully saturated rings. The Hall–Kier alpha value is -0.520. The zero-order valence-electron chi connectivity index (χ0n) is 10.7. The highest BCUT2D eigenvalue weighted by molar-refractivity contribution is 9.10. The van der Waals surface area contributed by atoms with Crippen LogP contribution in [0, 0.1) is 0 Å². The van der Waals surface area contributed by atoms with Gasteiger partial charge in [-0.25, -0.2) is 0 Å². The molecule has 1 aromatic carbocycles. The van der Waals surface area contributed by atoms with E-state index in [0.29, 0.717) is 13.0 Å². The molecule has 1 amide bonds. The van der Waals surface area contributed by atoms with Gasteiger partial charge in [0.05, 0.1) is 0 Å². The van der Waals surface area contributed by atoms with Gasteiger partial charge in [-0.3, -0.25) is 4.79 Å². The zero-order valence-corrected chi connectivity index (χ0v) is 13.1. The summed E-state index contributed by atoms with van der Waals surface area (Å²) in [7, 11) is 0. The first-order valence-electron chi connectivity index (χ1n) is 5.82. The van der Waals surface area contributed by atoms with Crippen molar-refractivity contribution in [2.24, 2.45) is 5.73 Å². The van der Waals surface area contributed by atoms with Crippen LogP contribution in [0.4, 0.5) is 0 Å². The van der Waals surface area contributed by atoms with Crippen molar-refractivity contribution in [1.29, 1.82) is 0 Å². The molecule has 0 heterocycles. The van der Waals surface area contributed by atoms with Gasteiger partial charge in [0, 0.05) is 33.6 Å². The molecular weight excluding hydrogens is 312 g/mol. The van der Waals surface area contributed by atoms with Crippen LogP contribution in [-0.2, 0) is 4.79 Å². The second kappa shape index (κ2) is 7.16. The Kier molecular flexibility index (Phi) is 6.18. The number of carbonyl (C=O) groups is 1. The summed E-state index contributed by atoms with van der Waals surface area (Å²) < 4.78 is 1.06. The molecule has 3 N–H and O–H groups in total. The van der Waals surface area contributed by atoms with E-state index in [9.17, 15) is 4.79 Å². The number of hydrogen-bond donors (Lipinski definition) is 2. The monoisotopic (exact) mass is 330 g/mol. The maximum Gasteiger partial charge on any atom is 0.221 e. The predicted molar refractivity (Wildman–Crippen MR) is 80.8 cm³/mol. The fourth-order valence-corrected chi connectivity index (χ4v) is 2.40. The maximum absolute atomic E-state index is 11.7. The molecule has 3 nitrogen and oxygen atoms in total. The van der Waals surface area contributed by atoms with Crippen LogP contribution >= 0.6 is 27.7 Å². The molecule has 0 unspecified atom stereocenters. The Bertz CT molecular complexity index is 392. The third kappa shape index (κ3) is 5.89. The number of carbonyl (C=O) groups excluding carboxylic acids is 1. The smallest absolute Gasteiger partial charge is 0.221 e. The Morgan fingerprint density at radius 3 is 2.56 bits per heavy atom. The molecule has 0 saturated carbocycles. The van der Waals surface area contributed by atoms with Gasteiger partial charge in [-0.1, -0.05) is 15.9 Å². The Morgan fingerprint density at radius 2 is 2.00 bits per heavy atom. The second-order valence-corrected chi connectivity index (χ2v) is 6.77. The van der Waals surface area contributed by atoms with Crippen LogP contribution in [-0.4, -0.2) is 23.7 Å². The minimum Gasteiger partial charge on any atom is -0.350 e. The number of rotatable bonds is 6. The van der Waals surface area contributed by atoms with Gasteiger partial charge in [0.15, 0.2) is 0 Å². The van der Waals surface area contributed by atoms with E-state index in [4.69, 9.17) is 5.73 Å². The summed E-state index contributed by atoms with van der Waals surface area (Å²) in [5.74, 6) is 0.823. The molecule has 1 rings (SSSR count). The van der Waals surface area contributed by atoms with Crippen LogP contribution in [0.25, 0.3) is 0 Å². The minimum absolute atomic E-state index is 0.0510. The number of thioether (sulfide) groups is 1. The molecule has 0 aromatic heterocycles. The van der Waals surface area contributed by atoms with Crippen molar-refractivity contribution in [3.8, 4) is 0 Å². The van der Waals surface area contributed by atoms with E-state index in [2.05, 4.69) is 21.2 Å². The number of halogens is 1. The lowest BCUT2D eigenvalue weighted by atomic mass is 10.1. The van der Waals surface area contributed by atoms with E-state index in [1.807, 2.05) is 38.1 Å². The summed E-state index contributed by atoms with van der Waals surface area (Å²) in [6.07, 6.45) is 0.504. The van der Waals surface area contributed by atoms with Crippen molar-refractivity contribution in [3.63, 3.8) is 0 Å². The van der Waals surface area contributed by atoms with Gasteiger partial charge >= 0.3 is 0 Å². The lowest BCUT2D eigenvalue weighted by Gasteiger charge is -2.24. The highest BCUT2D eigenvalue weighted by Gasteiger charge is 2.17. The molecule has 0 aliphatic heterocycles. The Balaban J connectivity index is 2.29. The van der Waals surface area contributed by atoms with Gasteiger partial charge in [0.25, 0.3) is 0 Å². The second-order valence-electron chi connectivity index (χ2n) is 4.69. The standard InChI is InChI=1S/C13H19BrN2OS/c1-13(2,9-15)16-12(17)7-8-18-11-5-3-10(14)4-6-11/h3-6H,7-9,15H2,1-2H3,(H,16,17). The summed E-state index contributed by atoms with van der Waals surface area (Å²) in [6, 6.07) is 8.08. The number of nitrogens with one attached hydrogen (secondary N) is 1. The molecular formula is C13H19BrN2OS. The summed E-state index contributed by atoms with van der Waals surface area (Å²) in [5.41, 5.74) is 5.24. The highest BCUT2D eigenvalue weighted by Crippen LogP contribution is 2.21. The number of hydrogen-bond acceptors (Lipinski definition) is 3. The first-order chi connectivity index (χ1) is 8.43. The van der Waals surface area contributed by atoms with Gasteiger partial charge < -0.3 is 11.1 Å². The molecule has 0 atom stereocenters. The molecule has 1 aromatic rings. The van der Waals surface area contributed by atoms with E-state index in [1.165, 1.54) is 4.90 Å². The summed E-state index contributed by atoms with van der Waals surface area (Å²) >= 11 is 5.07. The van der Waals surface area contributed by atoms with Gasteiger partial charge in [-0.15, -0.1) is 11.8 Å². The van der Waals surface area contributed by atoms with Gasteiger partial charge in [0.2, 0.25) is 5.91 Å². The average Bonchev–Trinajstić information content (AvgIpc) is 2.31. The van der Waals surface area contributed by atoms with Crippen molar-refractivity contribution >= 4 is 33.6 Å². The van der Waals surface area contributed by atoms with Crippen LogP contribution in [0.5, 0.6) is 0 Å². The molecule has 18 heavy (non-hydrogen) atoms. The molecule has 100 valence electrons. The molecule has 0 saturated heterocycles. The summed E-state index contributed by atoms with van der Waals surface area (Å²) in [5, 5.41) is 2.92. The van der Waals surface area contributed by atoms with Crippen molar-refractivity contribution in [1.82, 2.24) is 5.32 Å². The third-order valence-corrected chi connectivity index (χ3v) is 3.94. The summed E-state index contributed by atoms with van der Waals surface area (Å²) in [6.45, 7) is 4.29. The number of benzene rings is 1. The first-order valence-corrected chi connectivity index (χ1v) is 7.60. The fraction of sp³-hybridized carbons (Fsp3) is 0.462. The summed E-state index contributed by atoms with van der Waals surface area (Å²) in [4.78, 5) is 12.8. The fourth-order valence-electron chi connectivity index (χ4n) is 1.28.